The molecular weight excluding hydrogens is 517 g/mol. The molecule has 3 atom stereocenters. The number of rotatable bonds is 7. The lowest BCUT2D eigenvalue weighted by atomic mass is 9.80. The van der Waals surface area contributed by atoms with Crippen molar-refractivity contribution >= 4 is 34.4 Å². The van der Waals surface area contributed by atoms with Gasteiger partial charge in [-0.05, 0) is 72.2 Å². The lowest BCUT2D eigenvalue weighted by molar-refractivity contribution is -0.141. The van der Waals surface area contributed by atoms with E-state index >= 15 is 0 Å². The number of hydrogen-bond donors (Lipinski definition) is 2. The number of likely N-dealkylation sites (tertiary alicyclic amines) is 1. The van der Waals surface area contributed by atoms with Crippen LogP contribution in [0, 0.1) is 11.7 Å². The molecule has 8 heteroatoms. The molecule has 0 unspecified atom stereocenters. The first-order valence-corrected chi connectivity index (χ1v) is 13.6. The number of carbonyl (C=O) groups excluding carboxylic acids is 2. The first-order valence-electron chi connectivity index (χ1n) is 13.2. The quantitative estimate of drug-likeness (QED) is 0.317. The van der Waals surface area contributed by atoms with Gasteiger partial charge in [-0.1, -0.05) is 41.9 Å². The van der Waals surface area contributed by atoms with Crippen molar-refractivity contribution in [2.45, 2.75) is 50.9 Å². The van der Waals surface area contributed by atoms with Gasteiger partial charge in [-0.15, -0.1) is 0 Å². The number of hydrogen-bond acceptors (Lipinski definition) is 4. The van der Waals surface area contributed by atoms with E-state index in [-0.39, 0.29) is 35.8 Å². The average Bonchev–Trinajstić information content (AvgIpc) is 3.50. The Labute approximate surface area is 230 Å². The second kappa shape index (κ2) is 10.5. The Balaban J connectivity index is 1.23. The van der Waals surface area contributed by atoms with Crippen LogP contribution in [0.1, 0.15) is 36.0 Å². The number of benzene rings is 3. The molecule has 2 fully saturated rings. The fourth-order valence-electron chi connectivity index (χ4n) is 5.99. The van der Waals surface area contributed by atoms with Crippen LogP contribution in [-0.4, -0.2) is 28.8 Å². The van der Waals surface area contributed by atoms with Gasteiger partial charge < -0.3 is 20.4 Å². The highest BCUT2D eigenvalue weighted by Gasteiger charge is 2.50. The maximum atomic E-state index is 14.3. The number of nitrogens with one attached hydrogen (secondary N) is 1. The smallest absolute Gasteiger partial charge is 0.243 e. The molecule has 1 saturated carbocycles. The second-order valence-corrected chi connectivity index (χ2v) is 10.9. The fraction of sp³-hybridized carbons (Fsp3) is 0.290. The molecule has 6 rings (SSSR count). The molecule has 6 nitrogen and oxygen atoms in total. The van der Waals surface area contributed by atoms with Crippen molar-refractivity contribution in [1.82, 2.24) is 10.2 Å². The molecule has 3 N–H and O–H groups in total. The van der Waals surface area contributed by atoms with Gasteiger partial charge in [0.05, 0.1) is 17.7 Å². The zero-order valence-corrected chi connectivity index (χ0v) is 22.1. The molecule has 2 amide bonds. The van der Waals surface area contributed by atoms with Crippen LogP contribution >= 0.6 is 11.6 Å². The summed E-state index contributed by atoms with van der Waals surface area (Å²) in [5, 5.41) is 3.76. The molecule has 0 bridgehead atoms. The number of nitrogens with zero attached hydrogens (tertiary/aromatic N) is 1. The first-order chi connectivity index (χ1) is 18.9. The maximum absolute atomic E-state index is 14.3. The summed E-state index contributed by atoms with van der Waals surface area (Å²) in [5.41, 5.74) is 10.7. The van der Waals surface area contributed by atoms with Gasteiger partial charge in [0.15, 0.2) is 0 Å². The highest BCUT2D eigenvalue weighted by Crippen LogP contribution is 2.44. The lowest BCUT2D eigenvalue weighted by Crippen LogP contribution is -2.51. The van der Waals surface area contributed by atoms with Crippen LogP contribution in [0.5, 0.6) is 0 Å². The molecular formula is C31H29ClFN3O3. The van der Waals surface area contributed by atoms with Crippen LogP contribution in [-0.2, 0) is 29.1 Å². The van der Waals surface area contributed by atoms with Crippen molar-refractivity contribution in [1.29, 1.82) is 0 Å². The summed E-state index contributed by atoms with van der Waals surface area (Å²) >= 11 is 5.89. The van der Waals surface area contributed by atoms with Gasteiger partial charge in [-0.3, -0.25) is 9.59 Å². The Morgan fingerprint density at radius 1 is 1.08 bits per heavy atom. The van der Waals surface area contributed by atoms with Crippen LogP contribution in [0.15, 0.2) is 71.3 Å². The molecule has 0 spiro atoms. The fourth-order valence-corrected chi connectivity index (χ4v) is 6.19. The molecule has 1 aromatic heterocycles. The van der Waals surface area contributed by atoms with Crippen molar-refractivity contribution in [3.8, 4) is 11.1 Å². The summed E-state index contributed by atoms with van der Waals surface area (Å²) in [6.07, 6.45) is 4.33. The largest absolute Gasteiger partial charge is 0.464 e. The zero-order chi connectivity index (χ0) is 27.1. The molecule has 2 aliphatic rings. The predicted molar refractivity (Wildman–Crippen MR) is 148 cm³/mol. The summed E-state index contributed by atoms with van der Waals surface area (Å²) < 4.78 is 20.1. The molecule has 200 valence electrons. The van der Waals surface area contributed by atoms with Gasteiger partial charge in [-0.2, -0.15) is 0 Å². The third kappa shape index (κ3) is 4.81. The highest BCUT2D eigenvalue weighted by molar-refractivity contribution is 6.30. The number of halogens is 2. The van der Waals surface area contributed by atoms with Crippen molar-refractivity contribution in [2.75, 3.05) is 0 Å². The van der Waals surface area contributed by atoms with Crippen LogP contribution in [0.3, 0.4) is 0 Å². The summed E-state index contributed by atoms with van der Waals surface area (Å²) in [4.78, 5) is 28.8. The van der Waals surface area contributed by atoms with E-state index in [9.17, 15) is 14.0 Å². The molecule has 39 heavy (non-hydrogen) atoms. The van der Waals surface area contributed by atoms with Gasteiger partial charge in [-0.25, -0.2) is 4.39 Å². The van der Waals surface area contributed by atoms with E-state index < -0.39 is 11.9 Å². The highest BCUT2D eigenvalue weighted by atomic mass is 35.5. The van der Waals surface area contributed by atoms with Crippen molar-refractivity contribution in [3.63, 3.8) is 0 Å². The minimum Gasteiger partial charge on any atom is -0.464 e. The summed E-state index contributed by atoms with van der Waals surface area (Å²) in [7, 11) is 0. The van der Waals surface area contributed by atoms with Crippen LogP contribution in [0.2, 0.25) is 5.02 Å². The number of amides is 2. The monoisotopic (exact) mass is 545 g/mol. The minimum absolute atomic E-state index is 0.0150. The van der Waals surface area contributed by atoms with Gasteiger partial charge in [0.25, 0.3) is 0 Å². The Morgan fingerprint density at radius 3 is 2.72 bits per heavy atom. The standard InChI is InChI=1S/C31H29ClFN3O3/c32-25-6-2-5-23(29(25)33)17-35-31(38)27-15-21-7-8-26(21)36(27)28(37)14-19-12-22-9-10-39-30(22)24(13-19)20-4-1-3-18(11-20)16-34/h1-6,9-13,21,26-27H,7-8,14-17,34H2,(H,35,38)/t21-,26-,27+/m1/s1. The SMILES string of the molecule is NCc1cccc(-c2cc(CC(=O)N3[C@@H]4CC[C@@H]4C[C@H]3C(=O)NCc3cccc(Cl)c3F)cc3ccoc23)c1. The number of furan rings is 1. The van der Waals surface area contributed by atoms with E-state index in [1.807, 2.05) is 42.5 Å². The average molecular weight is 546 g/mol. The minimum atomic E-state index is -0.574. The predicted octanol–water partition coefficient (Wildman–Crippen LogP) is 5.59. The maximum Gasteiger partial charge on any atom is 0.243 e. The van der Waals surface area contributed by atoms with E-state index in [4.69, 9.17) is 21.8 Å². The van der Waals surface area contributed by atoms with E-state index in [2.05, 4.69) is 5.32 Å². The van der Waals surface area contributed by atoms with Gasteiger partial charge in [0.1, 0.15) is 17.4 Å². The molecule has 1 saturated heterocycles. The molecule has 4 aromatic rings. The Morgan fingerprint density at radius 2 is 1.92 bits per heavy atom. The number of carbonyl (C=O) groups is 2. The molecule has 1 aliphatic heterocycles. The summed E-state index contributed by atoms with van der Waals surface area (Å²) in [6.45, 7) is 0.444. The third-order valence-electron chi connectivity index (χ3n) is 8.11. The summed E-state index contributed by atoms with van der Waals surface area (Å²) in [5.74, 6) is -0.567. The van der Waals surface area contributed by atoms with Crippen LogP contribution in [0.4, 0.5) is 4.39 Å². The van der Waals surface area contributed by atoms with Crippen LogP contribution in [0.25, 0.3) is 22.1 Å². The van der Waals surface area contributed by atoms with Gasteiger partial charge in [0, 0.05) is 35.6 Å². The molecule has 1 aliphatic carbocycles. The second-order valence-electron chi connectivity index (χ2n) is 10.5. The van der Waals surface area contributed by atoms with Gasteiger partial charge >= 0.3 is 0 Å². The topological polar surface area (TPSA) is 88.6 Å². The normalized spacial score (nSPS) is 20.1. The summed E-state index contributed by atoms with van der Waals surface area (Å²) in [6, 6.07) is 18.0. The van der Waals surface area contributed by atoms with E-state index in [1.54, 1.807) is 23.3 Å². The van der Waals surface area contributed by atoms with Crippen molar-refractivity contribution in [3.05, 3.63) is 94.5 Å². The first kappa shape index (κ1) is 25.6. The van der Waals surface area contributed by atoms with E-state index in [1.165, 1.54) is 6.07 Å². The van der Waals surface area contributed by atoms with E-state index in [0.29, 0.717) is 24.4 Å². The molecule has 3 aromatic carbocycles. The zero-order valence-electron chi connectivity index (χ0n) is 21.3. The molecule has 0 radical (unpaired) electrons. The molecule has 2 heterocycles. The Hall–Kier alpha value is -3.68. The number of nitrogens with two attached hydrogens (primary N) is 1. The van der Waals surface area contributed by atoms with Crippen LogP contribution < -0.4 is 11.1 Å². The van der Waals surface area contributed by atoms with E-state index in [0.717, 1.165) is 46.1 Å². The number of fused-ring (bicyclic) bond motifs is 2. The third-order valence-corrected chi connectivity index (χ3v) is 8.40. The van der Waals surface area contributed by atoms with Gasteiger partial charge in [0.2, 0.25) is 11.8 Å². The van der Waals surface area contributed by atoms with Crippen molar-refractivity contribution < 1.29 is 18.4 Å². The Bertz CT molecular complexity index is 1570. The van der Waals surface area contributed by atoms with Crippen molar-refractivity contribution in [2.24, 2.45) is 11.7 Å². The Kier molecular flexibility index (Phi) is 6.87. The lowest BCUT2D eigenvalue weighted by Gasteiger charge is -2.37.